The fourth-order valence-electron chi connectivity index (χ4n) is 2.67. The number of methoxy groups -OCH3 is 2. The molecule has 0 radical (unpaired) electrons. The van der Waals surface area contributed by atoms with E-state index in [-0.39, 0.29) is 22.8 Å². The molecule has 0 aromatic heterocycles. The fraction of sp³-hybridized carbons (Fsp3) is 0.571. The van der Waals surface area contributed by atoms with E-state index in [0.717, 1.165) is 4.31 Å². The molecule has 1 aliphatic rings. The molecule has 1 unspecified atom stereocenters. The lowest BCUT2D eigenvalue weighted by atomic mass is 10.0. The molecule has 1 fully saturated rings. The van der Waals surface area contributed by atoms with E-state index in [1.54, 1.807) is 6.92 Å². The first-order chi connectivity index (χ1) is 10.6. The second-order valence-corrected chi connectivity index (χ2v) is 9.98. The highest BCUT2D eigenvalue weighted by atomic mass is 32.2. The van der Waals surface area contributed by atoms with Gasteiger partial charge >= 0.3 is 0 Å². The van der Waals surface area contributed by atoms with E-state index < -0.39 is 25.4 Å². The lowest BCUT2D eigenvalue weighted by Gasteiger charge is -2.33. The van der Waals surface area contributed by atoms with Crippen LogP contribution in [0.5, 0.6) is 11.5 Å². The molecule has 0 aliphatic carbocycles. The summed E-state index contributed by atoms with van der Waals surface area (Å²) in [6.45, 7) is 1.65. The third-order valence-corrected chi connectivity index (χ3v) is 8.16. The van der Waals surface area contributed by atoms with E-state index in [1.807, 2.05) is 0 Å². The minimum atomic E-state index is -3.86. The van der Waals surface area contributed by atoms with Crippen LogP contribution in [0.3, 0.4) is 0 Å². The summed E-state index contributed by atoms with van der Waals surface area (Å²) >= 11 is 0. The van der Waals surface area contributed by atoms with Crippen molar-refractivity contribution < 1.29 is 26.3 Å². The van der Waals surface area contributed by atoms with Crippen molar-refractivity contribution in [3.63, 3.8) is 0 Å². The number of nitrogens with zero attached hydrogens (tertiary/aromatic N) is 1. The lowest BCUT2D eigenvalue weighted by Crippen LogP contribution is -2.48. The number of sulfonamides is 1. The highest BCUT2D eigenvalue weighted by Gasteiger charge is 2.46. The van der Waals surface area contributed by atoms with E-state index in [1.165, 1.54) is 39.5 Å². The number of ether oxygens (including phenoxy) is 2. The topological polar surface area (TPSA) is 90.0 Å². The highest BCUT2D eigenvalue weighted by Crippen LogP contribution is 2.35. The molecule has 1 heterocycles. The maximum atomic E-state index is 12.8. The summed E-state index contributed by atoms with van der Waals surface area (Å²) < 4.78 is 60.5. The Balaban J connectivity index is 2.42. The van der Waals surface area contributed by atoms with Crippen LogP contribution >= 0.6 is 0 Å². The van der Waals surface area contributed by atoms with E-state index in [9.17, 15) is 16.8 Å². The average Bonchev–Trinajstić information content (AvgIpc) is 2.80. The average molecular weight is 363 g/mol. The van der Waals surface area contributed by atoms with Gasteiger partial charge in [0.1, 0.15) is 0 Å². The summed E-state index contributed by atoms with van der Waals surface area (Å²) in [6, 6.07) is 4.30. The molecule has 9 heteroatoms. The highest BCUT2D eigenvalue weighted by molar-refractivity contribution is 7.92. The molecule has 1 aromatic rings. The molecule has 0 saturated carbocycles. The van der Waals surface area contributed by atoms with E-state index in [0.29, 0.717) is 11.5 Å². The first-order valence-corrected chi connectivity index (χ1v) is 10.2. The van der Waals surface area contributed by atoms with Crippen LogP contribution in [-0.2, 0) is 19.9 Å². The van der Waals surface area contributed by atoms with Gasteiger partial charge in [-0.2, -0.15) is 4.31 Å². The zero-order chi connectivity index (χ0) is 17.5. The summed E-state index contributed by atoms with van der Waals surface area (Å²) in [7, 11) is -2.78. The van der Waals surface area contributed by atoms with Gasteiger partial charge in [-0.3, -0.25) is 0 Å². The van der Waals surface area contributed by atoms with Crippen molar-refractivity contribution >= 4 is 19.9 Å². The van der Waals surface area contributed by atoms with Gasteiger partial charge in [0.05, 0.1) is 30.6 Å². The van der Waals surface area contributed by atoms with Crippen LogP contribution in [0.4, 0.5) is 0 Å². The van der Waals surface area contributed by atoms with Gasteiger partial charge in [-0.15, -0.1) is 0 Å². The quantitative estimate of drug-likeness (QED) is 0.772. The third kappa shape index (κ3) is 3.31. The van der Waals surface area contributed by atoms with Crippen molar-refractivity contribution in [2.24, 2.45) is 0 Å². The van der Waals surface area contributed by atoms with Crippen LogP contribution in [0, 0.1) is 0 Å². The van der Waals surface area contributed by atoms with Gasteiger partial charge in [-0.05, 0) is 25.5 Å². The first-order valence-electron chi connectivity index (χ1n) is 6.97. The van der Waals surface area contributed by atoms with Crippen LogP contribution < -0.4 is 9.47 Å². The largest absolute Gasteiger partial charge is 0.493 e. The normalized spacial score (nSPS) is 23.9. The summed E-state index contributed by atoms with van der Waals surface area (Å²) in [5.41, 5.74) is -0.954. The van der Waals surface area contributed by atoms with Crippen LogP contribution in [0.2, 0.25) is 0 Å². The molecule has 1 aliphatic heterocycles. The van der Waals surface area contributed by atoms with Crippen LogP contribution in [0.25, 0.3) is 0 Å². The van der Waals surface area contributed by atoms with Crippen molar-refractivity contribution in [1.29, 1.82) is 0 Å². The molecule has 0 spiro atoms. The van der Waals surface area contributed by atoms with Gasteiger partial charge in [0, 0.05) is 18.7 Å². The number of sulfone groups is 1. The molecule has 1 aromatic carbocycles. The number of hydrogen-bond acceptors (Lipinski definition) is 6. The number of hydrogen-bond donors (Lipinski definition) is 0. The van der Waals surface area contributed by atoms with Crippen LogP contribution in [-0.4, -0.2) is 59.5 Å². The molecular formula is C14H21NO6S2. The maximum absolute atomic E-state index is 12.8. The van der Waals surface area contributed by atoms with E-state index in [2.05, 4.69) is 0 Å². The summed E-state index contributed by atoms with van der Waals surface area (Å²) in [5, 5.41) is 0. The van der Waals surface area contributed by atoms with Crippen molar-refractivity contribution in [3.8, 4) is 11.5 Å². The van der Waals surface area contributed by atoms with Crippen LogP contribution in [0.15, 0.2) is 23.1 Å². The Labute approximate surface area is 137 Å². The molecule has 1 saturated heterocycles. The lowest BCUT2D eigenvalue weighted by molar-refractivity contribution is 0.272. The monoisotopic (exact) mass is 363 g/mol. The molecule has 130 valence electrons. The Morgan fingerprint density at radius 3 is 2.26 bits per heavy atom. The van der Waals surface area contributed by atoms with E-state index in [4.69, 9.17) is 9.47 Å². The Bertz CT molecular complexity index is 803. The van der Waals surface area contributed by atoms with Crippen LogP contribution in [0.1, 0.15) is 13.3 Å². The van der Waals surface area contributed by atoms with Gasteiger partial charge in [-0.25, -0.2) is 16.8 Å². The predicted molar refractivity (Wildman–Crippen MR) is 86.2 cm³/mol. The zero-order valence-corrected chi connectivity index (χ0v) is 15.2. The third-order valence-electron chi connectivity index (χ3n) is 4.26. The second-order valence-electron chi connectivity index (χ2n) is 5.83. The summed E-state index contributed by atoms with van der Waals surface area (Å²) in [5.74, 6) is 0.535. The number of benzene rings is 1. The zero-order valence-electron chi connectivity index (χ0n) is 13.6. The molecule has 2 rings (SSSR count). The molecule has 23 heavy (non-hydrogen) atoms. The predicted octanol–water partition coefficient (Wildman–Crippen LogP) is 0.901. The smallest absolute Gasteiger partial charge is 0.243 e. The Morgan fingerprint density at radius 2 is 1.78 bits per heavy atom. The molecule has 1 atom stereocenters. The van der Waals surface area contributed by atoms with Gasteiger partial charge in [0.15, 0.2) is 21.3 Å². The summed E-state index contributed by atoms with van der Waals surface area (Å²) in [4.78, 5) is 0.0307. The number of rotatable bonds is 5. The Kier molecular flexibility index (Phi) is 4.67. The fourth-order valence-corrected chi connectivity index (χ4v) is 6.48. The van der Waals surface area contributed by atoms with Crippen molar-refractivity contribution in [1.82, 2.24) is 4.31 Å². The van der Waals surface area contributed by atoms with E-state index >= 15 is 0 Å². The second kappa shape index (κ2) is 5.95. The first kappa shape index (κ1) is 18.0. The molecular weight excluding hydrogens is 342 g/mol. The van der Waals surface area contributed by atoms with Gasteiger partial charge in [0.2, 0.25) is 10.0 Å². The Morgan fingerprint density at radius 1 is 1.17 bits per heavy atom. The van der Waals surface area contributed by atoms with Gasteiger partial charge in [-0.1, -0.05) is 0 Å². The molecule has 0 amide bonds. The van der Waals surface area contributed by atoms with Crippen molar-refractivity contribution in [2.75, 3.05) is 32.8 Å². The van der Waals surface area contributed by atoms with Crippen molar-refractivity contribution in [3.05, 3.63) is 18.2 Å². The van der Waals surface area contributed by atoms with Crippen molar-refractivity contribution in [2.45, 2.75) is 23.8 Å². The standard InChI is InChI=1S/C14H21NO6S2/c1-14(7-8-22(16,17)10-14)15(2)23(18,19)11-5-6-12(20-3)13(9-11)21-4/h5-6,9H,7-8,10H2,1-4H3. The molecule has 0 bridgehead atoms. The SMILES string of the molecule is COc1ccc(S(=O)(=O)N(C)C2(C)CCS(=O)(=O)C2)cc1OC. The minimum Gasteiger partial charge on any atom is -0.493 e. The maximum Gasteiger partial charge on any atom is 0.243 e. The minimum absolute atomic E-state index is 0.00467. The van der Waals surface area contributed by atoms with Gasteiger partial charge in [0.25, 0.3) is 0 Å². The summed E-state index contributed by atoms with van der Waals surface area (Å²) in [6.07, 6.45) is 0.276. The Hall–Kier alpha value is -1.32. The van der Waals surface area contributed by atoms with Gasteiger partial charge < -0.3 is 9.47 Å². The molecule has 7 nitrogen and oxygen atoms in total. The molecule has 0 N–H and O–H groups in total.